The van der Waals surface area contributed by atoms with Crippen molar-refractivity contribution in [1.29, 1.82) is 0 Å². The average Bonchev–Trinajstić information content (AvgIpc) is 2.56. The lowest BCUT2D eigenvalue weighted by molar-refractivity contribution is -0.385. The number of nitrogens with one attached hydrogen (secondary N) is 1. The Bertz CT molecular complexity index is 715. The highest BCUT2D eigenvalue weighted by atomic mass is 16.6. The average molecular weight is 314 g/mol. The maximum Gasteiger partial charge on any atom is 0.282 e. The van der Waals surface area contributed by atoms with E-state index in [4.69, 9.17) is 4.74 Å². The molecule has 0 radical (unpaired) electrons. The van der Waals surface area contributed by atoms with Crippen LogP contribution in [0.4, 0.5) is 5.69 Å². The van der Waals surface area contributed by atoms with Gasteiger partial charge in [-0.3, -0.25) is 14.9 Å². The van der Waals surface area contributed by atoms with Crippen molar-refractivity contribution >= 4 is 11.6 Å². The van der Waals surface area contributed by atoms with E-state index in [0.29, 0.717) is 0 Å². The van der Waals surface area contributed by atoms with Gasteiger partial charge in [0.05, 0.1) is 11.0 Å². The minimum atomic E-state index is -0.565. The fourth-order valence-corrected chi connectivity index (χ4v) is 2.37. The van der Waals surface area contributed by atoms with Crippen molar-refractivity contribution in [3.63, 3.8) is 0 Å². The molecule has 0 saturated heterocycles. The SMILES string of the molecule is COC(CNC(=O)c1ccccc1[N+](=O)[O-])c1ccccc1C. The molecule has 23 heavy (non-hydrogen) atoms. The van der Waals surface area contributed by atoms with Crippen LogP contribution in [0.3, 0.4) is 0 Å². The van der Waals surface area contributed by atoms with Crippen molar-refractivity contribution in [2.45, 2.75) is 13.0 Å². The van der Waals surface area contributed by atoms with Crippen LogP contribution in [-0.2, 0) is 4.74 Å². The fourth-order valence-electron chi connectivity index (χ4n) is 2.37. The lowest BCUT2D eigenvalue weighted by atomic mass is 10.0. The standard InChI is InChI=1S/C17H18N2O4/c1-12-7-3-4-8-13(12)16(23-2)11-18-17(20)14-9-5-6-10-15(14)19(21)22/h3-10,16H,11H2,1-2H3,(H,18,20). The minimum Gasteiger partial charge on any atom is -0.375 e. The Morgan fingerprint density at radius 3 is 2.52 bits per heavy atom. The molecule has 1 atom stereocenters. The van der Waals surface area contributed by atoms with Crippen molar-refractivity contribution in [2.24, 2.45) is 0 Å². The summed E-state index contributed by atoms with van der Waals surface area (Å²) in [5, 5.41) is 13.7. The molecule has 2 aromatic carbocycles. The lowest BCUT2D eigenvalue weighted by Crippen LogP contribution is -2.29. The Kier molecular flexibility index (Phi) is 5.43. The van der Waals surface area contributed by atoms with Crippen LogP contribution >= 0.6 is 0 Å². The van der Waals surface area contributed by atoms with Gasteiger partial charge in [-0.2, -0.15) is 0 Å². The molecule has 0 aliphatic rings. The molecular formula is C17H18N2O4. The third kappa shape index (κ3) is 3.92. The highest BCUT2D eigenvalue weighted by Gasteiger charge is 2.20. The van der Waals surface area contributed by atoms with Crippen molar-refractivity contribution in [2.75, 3.05) is 13.7 Å². The highest BCUT2D eigenvalue weighted by molar-refractivity contribution is 5.98. The molecule has 0 fully saturated rings. The molecule has 0 saturated carbocycles. The summed E-state index contributed by atoms with van der Waals surface area (Å²) in [5.41, 5.74) is 1.85. The first-order chi connectivity index (χ1) is 11.0. The molecule has 1 unspecified atom stereocenters. The van der Waals surface area contributed by atoms with Gasteiger partial charge in [0.1, 0.15) is 5.56 Å². The van der Waals surface area contributed by atoms with Gasteiger partial charge in [-0.1, -0.05) is 36.4 Å². The summed E-state index contributed by atoms with van der Waals surface area (Å²) in [4.78, 5) is 22.7. The van der Waals surface area contributed by atoms with E-state index in [1.807, 2.05) is 31.2 Å². The quantitative estimate of drug-likeness (QED) is 0.656. The van der Waals surface area contributed by atoms with Gasteiger partial charge in [-0.25, -0.2) is 0 Å². The number of hydrogen-bond donors (Lipinski definition) is 1. The van der Waals surface area contributed by atoms with Gasteiger partial charge in [0.2, 0.25) is 0 Å². The topological polar surface area (TPSA) is 81.5 Å². The molecule has 0 aromatic heterocycles. The Hall–Kier alpha value is -2.73. The van der Waals surface area contributed by atoms with Crippen LogP contribution in [0.5, 0.6) is 0 Å². The number of nitrogens with zero attached hydrogens (tertiary/aromatic N) is 1. The second kappa shape index (κ2) is 7.51. The first kappa shape index (κ1) is 16.6. The van der Waals surface area contributed by atoms with Gasteiger partial charge < -0.3 is 10.1 Å². The number of rotatable bonds is 6. The molecule has 1 N–H and O–H groups in total. The first-order valence-electron chi connectivity index (χ1n) is 7.14. The lowest BCUT2D eigenvalue weighted by Gasteiger charge is -2.18. The third-order valence-electron chi connectivity index (χ3n) is 3.61. The molecule has 2 rings (SSSR count). The second-order valence-corrected chi connectivity index (χ2v) is 5.07. The minimum absolute atomic E-state index is 0.0390. The van der Waals surface area contributed by atoms with E-state index < -0.39 is 10.8 Å². The summed E-state index contributed by atoms with van der Waals surface area (Å²) >= 11 is 0. The molecule has 0 aliphatic carbocycles. The number of aryl methyl sites for hydroxylation is 1. The predicted octanol–water partition coefficient (Wildman–Crippen LogP) is 3.02. The van der Waals surface area contributed by atoms with Gasteiger partial charge in [0.25, 0.3) is 11.6 Å². The van der Waals surface area contributed by atoms with Crippen LogP contribution in [0.25, 0.3) is 0 Å². The number of hydrogen-bond acceptors (Lipinski definition) is 4. The normalized spacial score (nSPS) is 11.7. The smallest absolute Gasteiger partial charge is 0.282 e. The molecule has 0 bridgehead atoms. The summed E-state index contributed by atoms with van der Waals surface area (Å²) in [6.45, 7) is 2.19. The van der Waals surface area contributed by atoms with Gasteiger partial charge in [-0.05, 0) is 24.1 Å². The number of carbonyl (C=O) groups is 1. The monoisotopic (exact) mass is 314 g/mol. The summed E-state index contributed by atoms with van der Waals surface area (Å²) in [6.07, 6.45) is -0.317. The zero-order valence-corrected chi connectivity index (χ0v) is 13.0. The van der Waals surface area contributed by atoms with Gasteiger partial charge >= 0.3 is 0 Å². The van der Waals surface area contributed by atoms with Gasteiger partial charge in [0, 0.05) is 19.7 Å². The number of nitro benzene ring substituents is 1. The first-order valence-corrected chi connectivity index (χ1v) is 7.14. The number of amides is 1. The zero-order valence-electron chi connectivity index (χ0n) is 13.0. The molecular weight excluding hydrogens is 296 g/mol. The molecule has 6 nitrogen and oxygen atoms in total. The summed E-state index contributed by atoms with van der Waals surface area (Å²) < 4.78 is 5.43. The van der Waals surface area contributed by atoms with Crippen LogP contribution in [0.1, 0.15) is 27.6 Å². The Labute approximate surface area is 134 Å². The van der Waals surface area contributed by atoms with Crippen LogP contribution in [0, 0.1) is 17.0 Å². The molecule has 2 aromatic rings. The summed E-state index contributed by atoms with van der Waals surface area (Å²) in [5.74, 6) is -0.493. The van der Waals surface area contributed by atoms with Crippen LogP contribution in [-0.4, -0.2) is 24.5 Å². The number of nitro groups is 1. The van der Waals surface area contributed by atoms with E-state index in [1.165, 1.54) is 18.2 Å². The van der Waals surface area contributed by atoms with Crippen molar-refractivity contribution in [3.05, 3.63) is 75.3 Å². The van der Waals surface area contributed by atoms with Crippen LogP contribution in [0.2, 0.25) is 0 Å². The molecule has 120 valence electrons. The summed E-state index contributed by atoms with van der Waals surface area (Å²) in [7, 11) is 1.56. The largest absolute Gasteiger partial charge is 0.375 e. The number of ether oxygens (including phenoxy) is 1. The van der Waals surface area contributed by atoms with Gasteiger partial charge in [0.15, 0.2) is 0 Å². The predicted molar refractivity (Wildman–Crippen MR) is 86.4 cm³/mol. The highest BCUT2D eigenvalue weighted by Crippen LogP contribution is 2.21. The van der Waals surface area contributed by atoms with E-state index in [9.17, 15) is 14.9 Å². The molecule has 0 aliphatic heterocycles. The second-order valence-electron chi connectivity index (χ2n) is 5.07. The molecule has 1 amide bonds. The molecule has 6 heteroatoms. The van der Waals surface area contributed by atoms with Crippen LogP contribution in [0.15, 0.2) is 48.5 Å². The van der Waals surface area contributed by atoms with E-state index in [-0.39, 0.29) is 23.9 Å². The number of para-hydroxylation sites is 1. The fraction of sp³-hybridized carbons (Fsp3) is 0.235. The number of carbonyl (C=O) groups excluding carboxylic acids is 1. The van der Waals surface area contributed by atoms with Crippen LogP contribution < -0.4 is 5.32 Å². The van der Waals surface area contributed by atoms with Crippen molar-refractivity contribution < 1.29 is 14.5 Å². The summed E-state index contributed by atoms with van der Waals surface area (Å²) in [6, 6.07) is 13.6. The van der Waals surface area contributed by atoms with E-state index in [2.05, 4.69) is 5.32 Å². The Balaban J connectivity index is 2.12. The van der Waals surface area contributed by atoms with Gasteiger partial charge in [-0.15, -0.1) is 0 Å². The van der Waals surface area contributed by atoms with Crippen molar-refractivity contribution in [3.8, 4) is 0 Å². The van der Waals surface area contributed by atoms with E-state index in [0.717, 1.165) is 11.1 Å². The number of methoxy groups -OCH3 is 1. The maximum absolute atomic E-state index is 12.2. The third-order valence-corrected chi connectivity index (χ3v) is 3.61. The Morgan fingerprint density at radius 1 is 1.22 bits per heavy atom. The zero-order chi connectivity index (χ0) is 16.8. The van der Waals surface area contributed by atoms with Crippen molar-refractivity contribution in [1.82, 2.24) is 5.32 Å². The van der Waals surface area contributed by atoms with E-state index in [1.54, 1.807) is 13.2 Å². The molecule has 0 heterocycles. The Morgan fingerprint density at radius 2 is 1.87 bits per heavy atom. The number of benzene rings is 2. The maximum atomic E-state index is 12.2. The molecule has 0 spiro atoms. The van der Waals surface area contributed by atoms with E-state index >= 15 is 0 Å².